The molecule has 7 rings (SSSR count). The number of carbonyl (C=O) groups excluding carboxylic acids is 2. The molecule has 1 aromatic carbocycles. The fourth-order valence-corrected chi connectivity index (χ4v) is 6.33. The number of aryl methyl sites for hydroxylation is 1. The number of nitrogens with one attached hydrogen (secondary N) is 1. The van der Waals surface area contributed by atoms with Crippen molar-refractivity contribution in [1.29, 1.82) is 0 Å². The Morgan fingerprint density at radius 3 is 2.47 bits per heavy atom. The molecule has 5 saturated heterocycles. The predicted octanol–water partition coefficient (Wildman–Crippen LogP) is 1.54. The third-order valence-electron chi connectivity index (χ3n) is 8.37. The Morgan fingerprint density at radius 1 is 1.06 bits per heavy atom. The van der Waals surface area contributed by atoms with Gasteiger partial charge in [-0.05, 0) is 30.7 Å². The van der Waals surface area contributed by atoms with Crippen LogP contribution < -0.4 is 0 Å². The van der Waals surface area contributed by atoms with Crippen LogP contribution in [-0.2, 0) is 4.79 Å². The Labute approximate surface area is 187 Å². The second-order valence-electron chi connectivity index (χ2n) is 10.4. The van der Waals surface area contributed by atoms with Gasteiger partial charge in [-0.2, -0.15) is 0 Å². The molecule has 5 fully saturated rings. The molecular formula is C24H30FN5O2. The molecular weight excluding hydrogens is 409 g/mol. The zero-order chi connectivity index (χ0) is 22.2. The van der Waals surface area contributed by atoms with Gasteiger partial charge in [-0.15, -0.1) is 0 Å². The number of fused-ring (bicyclic) bond motifs is 5. The van der Waals surface area contributed by atoms with Crippen molar-refractivity contribution in [2.24, 2.45) is 11.3 Å². The number of piperazine rings is 3. The molecule has 0 spiro atoms. The molecule has 0 aliphatic carbocycles. The highest BCUT2D eigenvalue weighted by molar-refractivity contribution is 5.99. The van der Waals surface area contributed by atoms with Crippen LogP contribution in [0.15, 0.2) is 18.2 Å². The highest BCUT2D eigenvalue weighted by atomic mass is 19.1. The molecule has 6 heterocycles. The highest BCUT2D eigenvalue weighted by Gasteiger charge is 2.53. The van der Waals surface area contributed by atoms with Crippen LogP contribution in [0.2, 0.25) is 0 Å². The maximum Gasteiger partial charge on any atom is 0.270 e. The summed E-state index contributed by atoms with van der Waals surface area (Å²) < 4.78 is 13.9. The summed E-state index contributed by atoms with van der Waals surface area (Å²) in [4.78, 5) is 38.4. The Hall–Kier alpha value is -2.45. The number of rotatable bonds is 2. The fourth-order valence-electron chi connectivity index (χ4n) is 6.33. The minimum atomic E-state index is -0.261. The van der Waals surface area contributed by atoms with Crippen molar-refractivity contribution in [3.8, 4) is 0 Å². The first kappa shape index (κ1) is 20.2. The molecule has 5 aliphatic rings. The number of likely N-dealkylation sites (tertiary alicyclic amines) is 2. The van der Waals surface area contributed by atoms with Gasteiger partial charge in [-0.1, -0.05) is 6.92 Å². The van der Waals surface area contributed by atoms with Gasteiger partial charge in [-0.25, -0.2) is 4.39 Å². The maximum atomic E-state index is 13.9. The fraction of sp³-hybridized carbons (Fsp3) is 0.583. The van der Waals surface area contributed by atoms with Gasteiger partial charge < -0.3 is 14.8 Å². The molecule has 3 atom stereocenters. The van der Waals surface area contributed by atoms with Crippen LogP contribution in [0.4, 0.5) is 4.39 Å². The molecule has 2 amide bonds. The standard InChI is InChI=1S/C24H30FN5O2/c1-15-17-9-20(26-19(17)4-3-18(15)25)22(31)29-10-16-11-30(14-24(16,2)13-29)23(32)21-12-27-5-7-28(21)8-6-27/h3-4,9,16,21,26H,5-8,10-14H2,1-2H3/t16-,21?,24+/m1/s1. The number of aromatic amines is 1. The number of benzene rings is 1. The third kappa shape index (κ3) is 2.99. The summed E-state index contributed by atoms with van der Waals surface area (Å²) in [5, 5.41) is 0.753. The highest BCUT2D eigenvalue weighted by Crippen LogP contribution is 2.43. The van der Waals surface area contributed by atoms with Crippen molar-refractivity contribution in [3.05, 3.63) is 35.3 Å². The van der Waals surface area contributed by atoms with Gasteiger partial charge in [0.2, 0.25) is 5.91 Å². The third-order valence-corrected chi connectivity index (χ3v) is 8.37. The van der Waals surface area contributed by atoms with Crippen molar-refractivity contribution in [2.75, 3.05) is 58.9 Å². The first-order valence-corrected chi connectivity index (χ1v) is 11.6. The van der Waals surface area contributed by atoms with Crippen LogP contribution in [-0.4, -0.2) is 101 Å². The summed E-state index contributed by atoms with van der Waals surface area (Å²) in [6.07, 6.45) is 0. The summed E-state index contributed by atoms with van der Waals surface area (Å²) in [7, 11) is 0. The Balaban J connectivity index is 1.16. The van der Waals surface area contributed by atoms with Crippen molar-refractivity contribution in [3.63, 3.8) is 0 Å². The minimum Gasteiger partial charge on any atom is -0.351 e. The maximum absolute atomic E-state index is 13.9. The summed E-state index contributed by atoms with van der Waals surface area (Å²) in [6, 6.07) is 4.88. The summed E-state index contributed by atoms with van der Waals surface area (Å²) in [5.74, 6) is 0.242. The van der Waals surface area contributed by atoms with Gasteiger partial charge in [0.15, 0.2) is 0 Å². The van der Waals surface area contributed by atoms with Gasteiger partial charge in [-0.3, -0.25) is 19.4 Å². The Kier molecular flexibility index (Phi) is 4.43. The van der Waals surface area contributed by atoms with Crippen LogP contribution in [0.25, 0.3) is 10.9 Å². The molecule has 7 nitrogen and oxygen atoms in total. The molecule has 5 aliphatic heterocycles. The first-order chi connectivity index (χ1) is 15.3. The van der Waals surface area contributed by atoms with Crippen LogP contribution in [0.5, 0.6) is 0 Å². The summed E-state index contributed by atoms with van der Waals surface area (Å²) in [5.41, 5.74) is 1.76. The van der Waals surface area contributed by atoms with E-state index in [0.29, 0.717) is 30.9 Å². The average molecular weight is 440 g/mol. The van der Waals surface area contributed by atoms with E-state index >= 15 is 0 Å². The van der Waals surface area contributed by atoms with Crippen LogP contribution in [0.3, 0.4) is 0 Å². The summed E-state index contributed by atoms with van der Waals surface area (Å²) in [6.45, 7) is 11.6. The normalized spacial score (nSPS) is 33.8. The number of hydrogen-bond acceptors (Lipinski definition) is 4. The molecule has 1 N–H and O–H groups in total. The largest absolute Gasteiger partial charge is 0.351 e. The van der Waals surface area contributed by atoms with Crippen LogP contribution in [0, 0.1) is 24.1 Å². The van der Waals surface area contributed by atoms with Crippen molar-refractivity contribution < 1.29 is 14.0 Å². The van der Waals surface area contributed by atoms with E-state index in [-0.39, 0.29) is 35.0 Å². The molecule has 0 saturated carbocycles. The molecule has 1 unspecified atom stereocenters. The smallest absolute Gasteiger partial charge is 0.270 e. The van der Waals surface area contributed by atoms with Crippen molar-refractivity contribution in [2.45, 2.75) is 19.9 Å². The zero-order valence-corrected chi connectivity index (χ0v) is 18.7. The van der Waals surface area contributed by atoms with E-state index in [0.717, 1.165) is 50.2 Å². The molecule has 8 heteroatoms. The molecule has 0 radical (unpaired) electrons. The molecule has 32 heavy (non-hydrogen) atoms. The quantitative estimate of drug-likeness (QED) is 0.771. The van der Waals surface area contributed by atoms with E-state index in [1.54, 1.807) is 19.1 Å². The second kappa shape index (κ2) is 7.02. The van der Waals surface area contributed by atoms with E-state index in [1.807, 2.05) is 9.80 Å². The van der Waals surface area contributed by atoms with E-state index in [9.17, 15) is 14.0 Å². The number of nitrogens with zero attached hydrogens (tertiary/aromatic N) is 4. The van der Waals surface area contributed by atoms with Crippen molar-refractivity contribution in [1.82, 2.24) is 24.6 Å². The minimum absolute atomic E-state index is 0.00681. The number of carbonyl (C=O) groups is 2. The van der Waals surface area contributed by atoms with Crippen molar-refractivity contribution >= 4 is 22.7 Å². The lowest BCUT2D eigenvalue weighted by atomic mass is 9.83. The molecule has 1 aromatic heterocycles. The van der Waals surface area contributed by atoms with Gasteiger partial charge in [0.05, 0.1) is 0 Å². The molecule has 2 aromatic rings. The van der Waals surface area contributed by atoms with Crippen LogP contribution >= 0.6 is 0 Å². The number of H-pyrrole nitrogens is 1. The lowest BCUT2D eigenvalue weighted by molar-refractivity contribution is -0.141. The first-order valence-electron chi connectivity index (χ1n) is 11.6. The van der Waals surface area contributed by atoms with Gasteiger partial charge >= 0.3 is 0 Å². The lowest BCUT2D eigenvalue weighted by Gasteiger charge is -2.47. The van der Waals surface area contributed by atoms with Gasteiger partial charge in [0.1, 0.15) is 17.6 Å². The second-order valence-corrected chi connectivity index (χ2v) is 10.4. The van der Waals surface area contributed by atoms with E-state index < -0.39 is 0 Å². The molecule has 170 valence electrons. The zero-order valence-electron chi connectivity index (χ0n) is 18.7. The molecule has 2 bridgehead atoms. The van der Waals surface area contributed by atoms with Gasteiger partial charge in [0.25, 0.3) is 5.91 Å². The van der Waals surface area contributed by atoms with E-state index in [1.165, 1.54) is 6.07 Å². The SMILES string of the molecule is Cc1c(F)ccc2[nH]c(C(=O)N3C[C@@H]4CN(C(=O)C5CN6CCN5CC6)C[C@]4(C)C3)cc12. The predicted molar refractivity (Wildman–Crippen MR) is 119 cm³/mol. The van der Waals surface area contributed by atoms with E-state index in [4.69, 9.17) is 0 Å². The Morgan fingerprint density at radius 2 is 1.78 bits per heavy atom. The average Bonchev–Trinajstić information content (AvgIpc) is 3.46. The number of halogens is 1. The number of amides is 2. The summed E-state index contributed by atoms with van der Waals surface area (Å²) >= 11 is 0. The van der Waals surface area contributed by atoms with Crippen LogP contribution in [0.1, 0.15) is 23.0 Å². The van der Waals surface area contributed by atoms with E-state index in [2.05, 4.69) is 21.7 Å². The topological polar surface area (TPSA) is 62.9 Å². The number of aromatic nitrogens is 1. The van der Waals surface area contributed by atoms with Gasteiger partial charge in [0, 0.05) is 81.1 Å². The number of hydrogen-bond donors (Lipinski definition) is 1. The monoisotopic (exact) mass is 439 g/mol. The Bertz CT molecular complexity index is 1110. The lowest BCUT2D eigenvalue weighted by Crippen LogP contribution is -2.65.